The normalized spacial score (nSPS) is 25.5. The molecular weight excluding hydrogens is 199 g/mol. The van der Waals surface area contributed by atoms with Gasteiger partial charge in [0.25, 0.3) is 0 Å². The first kappa shape index (κ1) is 10.5. The van der Waals surface area contributed by atoms with E-state index in [1.807, 2.05) is 0 Å². The lowest BCUT2D eigenvalue weighted by Gasteiger charge is -2.32. The minimum atomic E-state index is -0.196. The molecule has 0 bridgehead atoms. The Kier molecular flexibility index (Phi) is 3.88. The van der Waals surface area contributed by atoms with Gasteiger partial charge in [-0.05, 0) is 25.7 Å². The van der Waals surface area contributed by atoms with E-state index >= 15 is 0 Å². The summed E-state index contributed by atoms with van der Waals surface area (Å²) in [6.45, 7) is 4.32. The molecule has 2 rings (SSSR count). The van der Waals surface area contributed by atoms with Crippen molar-refractivity contribution >= 4 is 8.69 Å². The summed E-state index contributed by atoms with van der Waals surface area (Å²) in [4.78, 5) is 4.58. The van der Waals surface area contributed by atoms with E-state index in [1.165, 1.54) is 25.7 Å². The highest BCUT2D eigenvalue weighted by Gasteiger charge is 2.30. The van der Waals surface area contributed by atoms with Gasteiger partial charge < -0.3 is 0 Å². The lowest BCUT2D eigenvalue weighted by molar-refractivity contribution is -0.0649. The Morgan fingerprint density at radius 1 is 0.929 bits per heavy atom. The summed E-state index contributed by atoms with van der Waals surface area (Å²) in [6, 6.07) is 0. The van der Waals surface area contributed by atoms with Crippen molar-refractivity contribution in [2.24, 2.45) is 0 Å². The fourth-order valence-corrected chi connectivity index (χ4v) is 2.67. The number of nitrogens with zero attached hydrogens (tertiary/aromatic N) is 2. The first-order valence-corrected chi connectivity index (χ1v) is 6.11. The maximum Gasteiger partial charge on any atom is 0.330 e. The van der Waals surface area contributed by atoms with Crippen LogP contribution >= 0.6 is 8.69 Å². The molecule has 0 aliphatic carbocycles. The van der Waals surface area contributed by atoms with Crippen LogP contribution in [0.2, 0.25) is 0 Å². The smallest absolute Gasteiger partial charge is 0.265 e. The SMILES string of the molecule is O=POC(N1CCCC1)N1CCCC1. The zero-order valence-electron chi connectivity index (χ0n) is 8.39. The molecule has 0 saturated carbocycles. The minimum Gasteiger partial charge on any atom is -0.265 e. The number of rotatable bonds is 4. The summed E-state index contributed by atoms with van der Waals surface area (Å²) in [5.41, 5.74) is 0. The summed E-state index contributed by atoms with van der Waals surface area (Å²) in [6.07, 6.45) is 4.92. The largest absolute Gasteiger partial charge is 0.330 e. The Balaban J connectivity index is 1.94. The average molecular weight is 216 g/mol. The summed E-state index contributed by atoms with van der Waals surface area (Å²) in [5, 5.41) is 0. The molecule has 2 heterocycles. The second-order valence-corrected chi connectivity index (χ2v) is 4.35. The standard InChI is InChI=1S/C9H17N2O2P/c12-14-13-9(10-5-1-2-6-10)11-7-3-4-8-11/h9H,1-8H2. The van der Waals surface area contributed by atoms with E-state index < -0.39 is 0 Å². The van der Waals surface area contributed by atoms with E-state index in [9.17, 15) is 4.57 Å². The quantitative estimate of drug-likeness (QED) is 0.669. The molecule has 2 aliphatic rings. The molecule has 0 spiro atoms. The molecule has 0 unspecified atom stereocenters. The van der Waals surface area contributed by atoms with E-state index in [0.29, 0.717) is 0 Å². The van der Waals surface area contributed by atoms with E-state index in [1.54, 1.807) is 0 Å². The summed E-state index contributed by atoms with van der Waals surface area (Å²) >= 11 is 0. The monoisotopic (exact) mass is 216 g/mol. The maximum absolute atomic E-state index is 10.6. The van der Waals surface area contributed by atoms with E-state index in [0.717, 1.165) is 26.2 Å². The predicted molar refractivity (Wildman–Crippen MR) is 54.1 cm³/mol. The molecule has 0 aromatic carbocycles. The molecule has 80 valence electrons. The highest BCUT2D eigenvalue weighted by Crippen LogP contribution is 2.22. The van der Waals surface area contributed by atoms with Crippen molar-refractivity contribution in [3.05, 3.63) is 0 Å². The summed E-state index contributed by atoms with van der Waals surface area (Å²) < 4.78 is 15.8. The van der Waals surface area contributed by atoms with Gasteiger partial charge in [0.2, 0.25) is 0 Å². The van der Waals surface area contributed by atoms with Gasteiger partial charge in [0.05, 0.1) is 0 Å². The minimum absolute atomic E-state index is 0.0424. The van der Waals surface area contributed by atoms with Crippen LogP contribution in [0.5, 0.6) is 0 Å². The third-order valence-electron chi connectivity index (χ3n) is 3.04. The first-order valence-electron chi connectivity index (χ1n) is 5.38. The zero-order valence-corrected chi connectivity index (χ0v) is 9.29. The second-order valence-electron chi connectivity index (χ2n) is 3.99. The lowest BCUT2D eigenvalue weighted by atomic mass is 10.4. The predicted octanol–water partition coefficient (Wildman–Crippen LogP) is 1.68. The molecule has 2 saturated heterocycles. The molecular formula is C9H17N2O2P. The van der Waals surface area contributed by atoms with Crippen LogP contribution in [0.15, 0.2) is 0 Å². The number of hydrogen-bond acceptors (Lipinski definition) is 4. The van der Waals surface area contributed by atoms with Gasteiger partial charge in [-0.25, -0.2) is 4.57 Å². The molecule has 0 N–H and O–H groups in total. The Hall–Kier alpha value is -0.0200. The molecule has 0 radical (unpaired) electrons. The fourth-order valence-electron chi connectivity index (χ4n) is 2.33. The van der Waals surface area contributed by atoms with Crippen molar-refractivity contribution in [2.45, 2.75) is 32.0 Å². The van der Waals surface area contributed by atoms with Crippen molar-refractivity contribution in [1.29, 1.82) is 0 Å². The van der Waals surface area contributed by atoms with Gasteiger partial charge in [-0.15, -0.1) is 0 Å². The van der Waals surface area contributed by atoms with Gasteiger partial charge in [0, 0.05) is 26.2 Å². The van der Waals surface area contributed by atoms with Gasteiger partial charge in [-0.1, -0.05) is 0 Å². The molecule has 4 nitrogen and oxygen atoms in total. The van der Waals surface area contributed by atoms with Crippen LogP contribution in [-0.4, -0.2) is 42.3 Å². The highest BCUT2D eigenvalue weighted by molar-refractivity contribution is 7.17. The zero-order chi connectivity index (χ0) is 9.80. The van der Waals surface area contributed by atoms with Crippen LogP contribution in [0, 0.1) is 0 Å². The maximum atomic E-state index is 10.6. The van der Waals surface area contributed by atoms with Crippen LogP contribution < -0.4 is 0 Å². The van der Waals surface area contributed by atoms with Crippen LogP contribution in [0.4, 0.5) is 0 Å². The molecule has 0 amide bonds. The van der Waals surface area contributed by atoms with Crippen molar-refractivity contribution in [2.75, 3.05) is 26.2 Å². The van der Waals surface area contributed by atoms with Crippen LogP contribution in [-0.2, 0) is 9.09 Å². The summed E-state index contributed by atoms with van der Waals surface area (Å²) in [5.74, 6) is 0. The number of likely N-dealkylation sites (tertiary alicyclic amines) is 2. The highest BCUT2D eigenvalue weighted by atomic mass is 31.1. The van der Waals surface area contributed by atoms with E-state index in [4.69, 9.17) is 4.52 Å². The number of hydrogen-bond donors (Lipinski definition) is 0. The molecule has 5 heteroatoms. The molecule has 0 aromatic rings. The Morgan fingerprint density at radius 2 is 1.36 bits per heavy atom. The average Bonchev–Trinajstić information content (AvgIpc) is 2.87. The molecule has 2 aliphatic heterocycles. The summed E-state index contributed by atoms with van der Waals surface area (Å²) in [7, 11) is -0.196. The van der Waals surface area contributed by atoms with Gasteiger partial charge in [0.1, 0.15) is 0 Å². The fraction of sp³-hybridized carbons (Fsp3) is 1.00. The molecule has 0 atom stereocenters. The Bertz CT molecular complexity index is 175. The van der Waals surface area contributed by atoms with Crippen molar-refractivity contribution < 1.29 is 9.09 Å². The van der Waals surface area contributed by atoms with Gasteiger partial charge in [-0.2, -0.15) is 0 Å². The van der Waals surface area contributed by atoms with Crippen LogP contribution in [0.3, 0.4) is 0 Å². The molecule has 0 aromatic heterocycles. The van der Waals surface area contributed by atoms with E-state index in [2.05, 4.69) is 9.80 Å². The third-order valence-corrected chi connectivity index (χ3v) is 3.32. The van der Waals surface area contributed by atoms with Crippen molar-refractivity contribution in [3.8, 4) is 0 Å². The van der Waals surface area contributed by atoms with Crippen LogP contribution in [0.25, 0.3) is 0 Å². The Labute approximate surface area is 86.5 Å². The van der Waals surface area contributed by atoms with E-state index in [-0.39, 0.29) is 15.0 Å². The van der Waals surface area contributed by atoms with Crippen molar-refractivity contribution in [1.82, 2.24) is 9.80 Å². The van der Waals surface area contributed by atoms with Crippen molar-refractivity contribution in [3.63, 3.8) is 0 Å². The van der Waals surface area contributed by atoms with Gasteiger partial charge in [-0.3, -0.25) is 14.3 Å². The van der Waals surface area contributed by atoms with Gasteiger partial charge in [0.15, 0.2) is 6.35 Å². The lowest BCUT2D eigenvalue weighted by Crippen LogP contribution is -2.46. The van der Waals surface area contributed by atoms with Crippen LogP contribution in [0.1, 0.15) is 25.7 Å². The Morgan fingerprint density at radius 3 is 1.71 bits per heavy atom. The topological polar surface area (TPSA) is 32.8 Å². The molecule has 2 fully saturated rings. The first-order chi connectivity index (χ1) is 6.92. The second kappa shape index (κ2) is 5.17. The third kappa shape index (κ3) is 2.31. The molecule has 14 heavy (non-hydrogen) atoms. The van der Waals surface area contributed by atoms with Gasteiger partial charge >= 0.3 is 8.69 Å².